The number of carbonyl (C=O) groups excluding carboxylic acids is 1. The Kier molecular flexibility index (Phi) is 3.52. The van der Waals surface area contributed by atoms with Crippen LogP contribution in [-0.2, 0) is 9.47 Å². The van der Waals surface area contributed by atoms with Gasteiger partial charge in [0.05, 0.1) is 17.8 Å². The lowest BCUT2D eigenvalue weighted by Gasteiger charge is -2.43. The number of carbonyl (C=O) groups is 1. The molecule has 2 fully saturated rings. The van der Waals surface area contributed by atoms with Crippen LogP contribution in [0.2, 0.25) is 0 Å². The summed E-state index contributed by atoms with van der Waals surface area (Å²) in [6.07, 6.45) is 2.81. The highest BCUT2D eigenvalue weighted by molar-refractivity contribution is 5.91. The van der Waals surface area contributed by atoms with Crippen molar-refractivity contribution < 1.29 is 18.8 Å². The van der Waals surface area contributed by atoms with E-state index in [2.05, 4.69) is 5.16 Å². The monoisotopic (exact) mass is 280 g/mol. The van der Waals surface area contributed by atoms with Crippen LogP contribution >= 0.6 is 0 Å². The van der Waals surface area contributed by atoms with Crippen LogP contribution in [0.4, 0.5) is 0 Å². The summed E-state index contributed by atoms with van der Waals surface area (Å²) in [4.78, 5) is 14.1. The first kappa shape index (κ1) is 13.6. The van der Waals surface area contributed by atoms with Crippen LogP contribution in [-0.4, -0.2) is 54.5 Å². The maximum absolute atomic E-state index is 12.4. The fourth-order valence-electron chi connectivity index (χ4n) is 3.21. The van der Waals surface area contributed by atoms with Crippen LogP contribution in [0.5, 0.6) is 0 Å². The summed E-state index contributed by atoms with van der Waals surface area (Å²) >= 11 is 0. The Labute approximate surface area is 118 Å². The van der Waals surface area contributed by atoms with Crippen molar-refractivity contribution in [1.82, 2.24) is 10.1 Å². The molecule has 2 aliphatic rings. The summed E-state index contributed by atoms with van der Waals surface area (Å²) in [6, 6.07) is 1.67. The second-order valence-corrected chi connectivity index (χ2v) is 5.57. The smallest absolute Gasteiger partial charge is 0.292 e. The van der Waals surface area contributed by atoms with Gasteiger partial charge in [-0.1, -0.05) is 5.16 Å². The third kappa shape index (κ3) is 2.23. The Morgan fingerprint density at radius 1 is 1.55 bits per heavy atom. The molecule has 6 heteroatoms. The molecular weight excluding hydrogens is 260 g/mol. The molecular formula is C14H20N2O4. The molecule has 3 heterocycles. The second kappa shape index (κ2) is 5.18. The van der Waals surface area contributed by atoms with Crippen LogP contribution in [0.3, 0.4) is 0 Å². The largest absolute Gasteiger partial charge is 0.377 e. The molecule has 1 aromatic heterocycles. The normalized spacial score (nSPS) is 30.1. The van der Waals surface area contributed by atoms with Gasteiger partial charge >= 0.3 is 0 Å². The van der Waals surface area contributed by atoms with Gasteiger partial charge in [0, 0.05) is 26.3 Å². The van der Waals surface area contributed by atoms with Gasteiger partial charge < -0.3 is 18.9 Å². The molecule has 0 radical (unpaired) electrons. The topological polar surface area (TPSA) is 64.8 Å². The molecule has 0 aromatic carbocycles. The highest BCUT2D eigenvalue weighted by Gasteiger charge is 2.47. The van der Waals surface area contributed by atoms with E-state index in [0.717, 1.165) is 25.9 Å². The Hall–Kier alpha value is -1.40. The van der Waals surface area contributed by atoms with E-state index in [1.165, 1.54) is 0 Å². The molecule has 3 rings (SSSR count). The molecule has 0 bridgehead atoms. The van der Waals surface area contributed by atoms with Crippen LogP contribution in [0.25, 0.3) is 0 Å². The van der Waals surface area contributed by atoms with E-state index >= 15 is 0 Å². The average Bonchev–Trinajstić information content (AvgIpc) is 3.09. The lowest BCUT2D eigenvalue weighted by Crippen LogP contribution is -2.57. The number of piperidine rings is 1. The number of rotatable bonds is 2. The standard InChI is InChI=1S/C14H20N2O4/c1-10-8-11(20-15-10)13(17)16-6-5-14(4-3-7-19-14)12(9-16)18-2/h8,12H,3-7,9H2,1-2H3/t12-,14-/m0/s1. The molecule has 2 saturated heterocycles. The number of methoxy groups -OCH3 is 1. The predicted octanol–water partition coefficient (Wildman–Crippen LogP) is 1.39. The summed E-state index contributed by atoms with van der Waals surface area (Å²) in [5.74, 6) is 0.168. The van der Waals surface area contributed by atoms with E-state index in [1.54, 1.807) is 25.0 Å². The molecule has 0 aliphatic carbocycles. The number of nitrogens with zero attached hydrogens (tertiary/aromatic N) is 2. The summed E-state index contributed by atoms with van der Waals surface area (Å²) in [5, 5.41) is 3.76. The van der Waals surface area contributed by atoms with Gasteiger partial charge in [-0.25, -0.2) is 0 Å². The van der Waals surface area contributed by atoms with Gasteiger partial charge in [-0.3, -0.25) is 4.79 Å². The Morgan fingerprint density at radius 2 is 2.40 bits per heavy atom. The van der Waals surface area contributed by atoms with E-state index in [0.29, 0.717) is 24.5 Å². The number of hydrogen-bond acceptors (Lipinski definition) is 5. The van der Waals surface area contributed by atoms with Crippen molar-refractivity contribution in [3.05, 3.63) is 17.5 Å². The van der Waals surface area contributed by atoms with Crippen LogP contribution in [0.15, 0.2) is 10.6 Å². The zero-order chi connectivity index (χ0) is 14.2. The number of ether oxygens (including phenoxy) is 2. The fraction of sp³-hybridized carbons (Fsp3) is 0.714. The highest BCUT2D eigenvalue weighted by Crippen LogP contribution is 2.37. The van der Waals surface area contributed by atoms with Crippen molar-refractivity contribution in [2.45, 2.75) is 37.9 Å². The third-order valence-electron chi connectivity index (χ3n) is 4.32. The van der Waals surface area contributed by atoms with Crippen molar-refractivity contribution in [2.75, 3.05) is 26.8 Å². The zero-order valence-corrected chi connectivity index (χ0v) is 11.9. The number of aromatic nitrogens is 1. The van der Waals surface area contributed by atoms with Crippen molar-refractivity contribution in [3.63, 3.8) is 0 Å². The van der Waals surface area contributed by atoms with Gasteiger partial charge in [-0.2, -0.15) is 0 Å². The van der Waals surface area contributed by atoms with Gasteiger partial charge in [0.15, 0.2) is 0 Å². The van der Waals surface area contributed by atoms with E-state index in [4.69, 9.17) is 14.0 Å². The molecule has 1 amide bonds. The highest BCUT2D eigenvalue weighted by atomic mass is 16.6. The molecule has 110 valence electrons. The Bertz CT molecular complexity index is 493. The minimum Gasteiger partial charge on any atom is -0.377 e. The van der Waals surface area contributed by atoms with Crippen LogP contribution in [0.1, 0.15) is 35.5 Å². The number of aryl methyl sites for hydroxylation is 1. The summed E-state index contributed by atoms with van der Waals surface area (Å²) < 4.78 is 16.6. The molecule has 2 aliphatic heterocycles. The van der Waals surface area contributed by atoms with Gasteiger partial charge in [-0.05, 0) is 26.2 Å². The summed E-state index contributed by atoms with van der Waals surface area (Å²) in [5.41, 5.74) is 0.507. The van der Waals surface area contributed by atoms with Crippen molar-refractivity contribution in [3.8, 4) is 0 Å². The van der Waals surface area contributed by atoms with Gasteiger partial charge in [0.1, 0.15) is 6.10 Å². The van der Waals surface area contributed by atoms with E-state index in [9.17, 15) is 4.79 Å². The Morgan fingerprint density at radius 3 is 3.00 bits per heavy atom. The Balaban J connectivity index is 1.73. The molecule has 0 unspecified atom stereocenters. The van der Waals surface area contributed by atoms with Gasteiger partial charge in [-0.15, -0.1) is 0 Å². The SMILES string of the molecule is CO[C@H]1CN(C(=O)c2cc(C)no2)CC[C@@]12CCCO2. The van der Waals surface area contributed by atoms with Gasteiger partial charge in [0.25, 0.3) is 5.91 Å². The summed E-state index contributed by atoms with van der Waals surface area (Å²) in [7, 11) is 1.68. The van der Waals surface area contributed by atoms with Crippen LogP contribution < -0.4 is 0 Å². The minimum absolute atomic E-state index is 0.0771. The molecule has 1 aromatic rings. The number of likely N-dealkylation sites (tertiary alicyclic amines) is 1. The summed E-state index contributed by atoms with van der Waals surface area (Å²) in [6.45, 7) is 3.79. The first-order chi connectivity index (χ1) is 9.64. The molecule has 2 atom stereocenters. The third-order valence-corrected chi connectivity index (χ3v) is 4.32. The molecule has 0 N–H and O–H groups in total. The van der Waals surface area contributed by atoms with E-state index in [1.807, 2.05) is 0 Å². The van der Waals surface area contributed by atoms with E-state index in [-0.39, 0.29) is 17.6 Å². The van der Waals surface area contributed by atoms with Gasteiger partial charge in [0.2, 0.25) is 5.76 Å². The predicted molar refractivity (Wildman–Crippen MR) is 70.5 cm³/mol. The average molecular weight is 280 g/mol. The number of hydrogen-bond donors (Lipinski definition) is 0. The molecule has 1 spiro atoms. The zero-order valence-electron chi connectivity index (χ0n) is 11.9. The first-order valence-corrected chi connectivity index (χ1v) is 7.04. The number of amides is 1. The quantitative estimate of drug-likeness (QED) is 0.819. The first-order valence-electron chi connectivity index (χ1n) is 7.04. The molecule has 0 saturated carbocycles. The van der Waals surface area contributed by atoms with Crippen molar-refractivity contribution >= 4 is 5.91 Å². The fourth-order valence-corrected chi connectivity index (χ4v) is 3.21. The van der Waals surface area contributed by atoms with Crippen LogP contribution in [0, 0.1) is 6.92 Å². The molecule has 6 nitrogen and oxygen atoms in total. The second-order valence-electron chi connectivity index (χ2n) is 5.57. The van der Waals surface area contributed by atoms with Crippen molar-refractivity contribution in [1.29, 1.82) is 0 Å². The lowest BCUT2D eigenvalue weighted by molar-refractivity contribution is -0.136. The maximum atomic E-state index is 12.4. The lowest BCUT2D eigenvalue weighted by atomic mass is 9.85. The molecule has 20 heavy (non-hydrogen) atoms. The van der Waals surface area contributed by atoms with Crippen molar-refractivity contribution in [2.24, 2.45) is 0 Å². The van der Waals surface area contributed by atoms with E-state index < -0.39 is 0 Å². The minimum atomic E-state index is -0.205. The maximum Gasteiger partial charge on any atom is 0.292 e.